The highest BCUT2D eigenvalue weighted by Gasteiger charge is 2.25. The summed E-state index contributed by atoms with van der Waals surface area (Å²) in [6.07, 6.45) is -0.373. The standard InChI is InChI=1S/C26H22N2O8S2/c1-17(38(32,33)20-7-3-2-4-8-20)25(28-31)34-16-15-23(29)36-22-10-6-5-9-21(22)26(30)35-19-13-11-18(12-14-19)24(27)37/h2-14,31H,1,15-16H2,(H2,27,37)/b28-25+. The molecule has 0 saturated carbocycles. The number of hydrogen-bond donors (Lipinski definition) is 2. The number of sulfone groups is 1. The molecule has 0 amide bonds. The zero-order valence-corrected chi connectivity index (χ0v) is 21.4. The molecule has 0 spiro atoms. The van der Waals surface area contributed by atoms with Gasteiger partial charge in [-0.05, 0) is 53.7 Å². The van der Waals surface area contributed by atoms with Gasteiger partial charge in [-0.2, -0.15) is 0 Å². The average molecular weight is 555 g/mol. The van der Waals surface area contributed by atoms with Gasteiger partial charge in [0.2, 0.25) is 9.84 Å². The third-order valence-corrected chi connectivity index (χ3v) is 6.88. The van der Waals surface area contributed by atoms with Gasteiger partial charge < -0.3 is 25.2 Å². The third-order valence-electron chi connectivity index (χ3n) is 4.93. The van der Waals surface area contributed by atoms with E-state index in [1.165, 1.54) is 48.5 Å². The van der Waals surface area contributed by atoms with Crippen molar-refractivity contribution in [2.75, 3.05) is 6.61 Å². The number of carbonyl (C=O) groups excluding carboxylic acids is 2. The van der Waals surface area contributed by atoms with Gasteiger partial charge >= 0.3 is 11.9 Å². The Hall–Kier alpha value is -4.55. The summed E-state index contributed by atoms with van der Waals surface area (Å²) in [5, 5.41) is 12.1. The highest BCUT2D eigenvalue weighted by molar-refractivity contribution is 7.96. The van der Waals surface area contributed by atoms with Crippen LogP contribution in [0.15, 0.2) is 100 Å². The van der Waals surface area contributed by atoms with Gasteiger partial charge in [0.25, 0.3) is 5.90 Å². The van der Waals surface area contributed by atoms with Crippen molar-refractivity contribution in [3.63, 3.8) is 0 Å². The molecular weight excluding hydrogens is 532 g/mol. The van der Waals surface area contributed by atoms with Crippen molar-refractivity contribution in [2.24, 2.45) is 10.9 Å². The summed E-state index contributed by atoms with van der Waals surface area (Å²) in [5.41, 5.74) is 6.15. The van der Waals surface area contributed by atoms with E-state index < -0.39 is 39.2 Å². The predicted molar refractivity (Wildman–Crippen MR) is 142 cm³/mol. The molecule has 0 radical (unpaired) electrons. The molecule has 0 unspecified atom stereocenters. The molecule has 0 fully saturated rings. The van der Waals surface area contributed by atoms with Gasteiger partial charge in [-0.25, -0.2) is 13.2 Å². The highest BCUT2D eigenvalue weighted by atomic mass is 32.2. The highest BCUT2D eigenvalue weighted by Crippen LogP contribution is 2.22. The lowest BCUT2D eigenvalue weighted by molar-refractivity contribution is -0.135. The Morgan fingerprint density at radius 2 is 1.58 bits per heavy atom. The summed E-state index contributed by atoms with van der Waals surface area (Å²) in [4.78, 5) is 24.6. The molecular formula is C26H22N2O8S2. The zero-order chi connectivity index (χ0) is 27.7. The van der Waals surface area contributed by atoms with Gasteiger partial charge in [0.15, 0.2) is 0 Å². The van der Waals surface area contributed by atoms with Crippen molar-refractivity contribution in [1.82, 2.24) is 0 Å². The van der Waals surface area contributed by atoms with E-state index in [0.29, 0.717) is 5.56 Å². The SMILES string of the molecule is C=C(/C(=N\O)OCCC(=O)Oc1ccccc1C(=O)Oc1ccc(C(N)=S)cc1)S(=O)(=O)c1ccccc1. The molecule has 10 nitrogen and oxygen atoms in total. The lowest BCUT2D eigenvalue weighted by atomic mass is 10.2. The molecule has 3 aromatic rings. The number of nitrogens with two attached hydrogens (primary N) is 1. The number of thiocarbonyl (C=S) groups is 1. The van der Waals surface area contributed by atoms with Crippen molar-refractivity contribution in [3.05, 3.63) is 101 Å². The van der Waals surface area contributed by atoms with Gasteiger partial charge in [0, 0.05) is 5.56 Å². The van der Waals surface area contributed by atoms with Crippen LogP contribution in [-0.4, -0.2) is 43.1 Å². The number of carbonyl (C=O) groups is 2. The monoisotopic (exact) mass is 554 g/mol. The van der Waals surface area contributed by atoms with Crippen molar-refractivity contribution in [2.45, 2.75) is 11.3 Å². The molecule has 3 aromatic carbocycles. The second kappa shape index (κ2) is 12.6. The smallest absolute Gasteiger partial charge is 0.347 e. The predicted octanol–water partition coefficient (Wildman–Crippen LogP) is 3.63. The molecule has 0 atom stereocenters. The summed E-state index contributed by atoms with van der Waals surface area (Å²) < 4.78 is 41.0. The van der Waals surface area contributed by atoms with Crippen molar-refractivity contribution in [1.29, 1.82) is 0 Å². The van der Waals surface area contributed by atoms with Crippen LogP contribution < -0.4 is 15.2 Å². The minimum absolute atomic E-state index is 0.0138. The number of hydrogen-bond acceptors (Lipinski definition) is 10. The van der Waals surface area contributed by atoms with Gasteiger partial charge in [0.1, 0.15) is 33.6 Å². The molecule has 0 heterocycles. The van der Waals surface area contributed by atoms with Crippen LogP contribution in [0.1, 0.15) is 22.3 Å². The molecule has 0 bridgehead atoms. The van der Waals surface area contributed by atoms with Gasteiger partial charge in [-0.3, -0.25) is 4.79 Å². The van der Waals surface area contributed by atoms with E-state index in [2.05, 4.69) is 11.7 Å². The van der Waals surface area contributed by atoms with Crippen LogP contribution in [0.4, 0.5) is 0 Å². The van der Waals surface area contributed by atoms with Crippen LogP contribution in [0.3, 0.4) is 0 Å². The summed E-state index contributed by atoms with van der Waals surface area (Å²) in [7, 11) is -4.09. The van der Waals surface area contributed by atoms with Crippen LogP contribution in [0, 0.1) is 0 Å². The van der Waals surface area contributed by atoms with E-state index in [4.69, 9.17) is 32.2 Å². The number of oxime groups is 1. The Kier molecular flexibility index (Phi) is 9.30. The molecule has 0 aromatic heterocycles. The number of esters is 2. The Morgan fingerprint density at radius 1 is 0.947 bits per heavy atom. The molecule has 3 rings (SSSR count). The number of nitrogens with zero attached hydrogens (tertiary/aromatic N) is 1. The first-order chi connectivity index (χ1) is 18.1. The Bertz CT molecular complexity index is 1490. The molecule has 0 aliphatic rings. The first kappa shape index (κ1) is 28.0. The van der Waals surface area contributed by atoms with Crippen LogP contribution in [0.25, 0.3) is 0 Å². The van der Waals surface area contributed by atoms with Crippen molar-refractivity contribution >= 4 is 44.9 Å². The maximum Gasteiger partial charge on any atom is 0.347 e. The summed E-state index contributed by atoms with van der Waals surface area (Å²) >= 11 is 4.89. The largest absolute Gasteiger partial charge is 0.474 e. The fraction of sp³-hybridized carbons (Fsp3) is 0.0769. The van der Waals surface area contributed by atoms with Crippen LogP contribution >= 0.6 is 12.2 Å². The molecule has 38 heavy (non-hydrogen) atoms. The maximum atomic E-state index is 12.7. The molecule has 0 aliphatic carbocycles. The summed E-state index contributed by atoms with van der Waals surface area (Å²) in [5.74, 6) is -2.09. The lowest BCUT2D eigenvalue weighted by Gasteiger charge is -2.12. The maximum absolute atomic E-state index is 12.7. The Balaban J connectivity index is 1.59. The lowest BCUT2D eigenvalue weighted by Crippen LogP contribution is -2.20. The number of ether oxygens (including phenoxy) is 3. The van der Waals surface area contributed by atoms with E-state index in [1.807, 2.05) is 0 Å². The second-order valence-electron chi connectivity index (χ2n) is 7.49. The van der Waals surface area contributed by atoms with E-state index in [1.54, 1.807) is 30.3 Å². The topological polar surface area (TPSA) is 155 Å². The molecule has 0 aliphatic heterocycles. The van der Waals surface area contributed by atoms with Crippen LogP contribution in [0.5, 0.6) is 11.5 Å². The van der Waals surface area contributed by atoms with Crippen molar-refractivity contribution in [3.8, 4) is 11.5 Å². The molecule has 12 heteroatoms. The van der Waals surface area contributed by atoms with E-state index in [9.17, 15) is 23.2 Å². The average Bonchev–Trinajstić information content (AvgIpc) is 2.91. The molecule has 196 valence electrons. The minimum Gasteiger partial charge on any atom is -0.474 e. The fourth-order valence-corrected chi connectivity index (χ4v) is 4.27. The first-order valence-corrected chi connectivity index (χ1v) is 12.8. The minimum atomic E-state index is -4.09. The zero-order valence-electron chi connectivity index (χ0n) is 19.8. The Labute approximate surface area is 223 Å². The quantitative estimate of drug-likeness (QED) is 0.0722. The summed E-state index contributed by atoms with van der Waals surface area (Å²) in [6, 6.07) is 19.5. The normalized spacial score (nSPS) is 11.3. The van der Waals surface area contributed by atoms with Gasteiger partial charge in [-0.15, -0.1) is 0 Å². The molecule has 0 saturated heterocycles. The van der Waals surface area contributed by atoms with Crippen molar-refractivity contribution < 1.29 is 37.4 Å². The second-order valence-corrected chi connectivity index (χ2v) is 9.90. The number of benzene rings is 3. The molecule has 3 N–H and O–H groups in total. The first-order valence-electron chi connectivity index (χ1n) is 10.9. The van der Waals surface area contributed by atoms with Crippen LogP contribution in [0.2, 0.25) is 0 Å². The third kappa shape index (κ3) is 7.02. The van der Waals surface area contributed by atoms with Crippen LogP contribution in [-0.2, 0) is 19.4 Å². The Morgan fingerprint density at radius 3 is 2.21 bits per heavy atom. The number of para-hydroxylation sites is 1. The van der Waals surface area contributed by atoms with E-state index >= 15 is 0 Å². The van der Waals surface area contributed by atoms with Gasteiger partial charge in [0.05, 0.1) is 11.3 Å². The number of rotatable bonds is 10. The van der Waals surface area contributed by atoms with E-state index in [-0.39, 0.29) is 33.4 Å². The summed E-state index contributed by atoms with van der Waals surface area (Å²) in [6.45, 7) is 3.03. The van der Waals surface area contributed by atoms with Gasteiger partial charge in [-0.1, -0.05) is 49.1 Å². The fourth-order valence-electron chi connectivity index (χ4n) is 3.00. The van der Waals surface area contributed by atoms with E-state index in [0.717, 1.165) is 0 Å².